The molecule has 0 aromatic carbocycles. The summed E-state index contributed by atoms with van der Waals surface area (Å²) >= 11 is 0. The molecule has 0 rings (SSSR count). The zero-order valence-corrected chi connectivity index (χ0v) is 6.60. The van der Waals surface area contributed by atoms with Gasteiger partial charge >= 0.3 is 0 Å². The van der Waals surface area contributed by atoms with Crippen LogP contribution in [0.5, 0.6) is 0 Å². The van der Waals surface area contributed by atoms with Crippen molar-refractivity contribution in [1.29, 1.82) is 0 Å². The van der Waals surface area contributed by atoms with Crippen LogP contribution in [0, 0.1) is 0 Å². The summed E-state index contributed by atoms with van der Waals surface area (Å²) in [6.07, 6.45) is 2.92. The van der Waals surface area contributed by atoms with Gasteiger partial charge in [-0.3, -0.25) is 4.79 Å². The Hall–Kier alpha value is -1.05. The van der Waals surface area contributed by atoms with E-state index in [1.54, 1.807) is 6.08 Å². The van der Waals surface area contributed by atoms with Gasteiger partial charge in [-0.1, -0.05) is 6.58 Å². The summed E-state index contributed by atoms with van der Waals surface area (Å²) in [6.45, 7) is 4.43. The first kappa shape index (κ1) is 9.95. The van der Waals surface area contributed by atoms with Crippen molar-refractivity contribution in [2.75, 3.05) is 13.1 Å². The van der Waals surface area contributed by atoms with Crippen molar-refractivity contribution in [2.24, 2.45) is 5.73 Å². The Morgan fingerprint density at radius 1 is 1.73 bits per heavy atom. The molecule has 3 heteroatoms. The molecule has 0 atom stereocenters. The van der Waals surface area contributed by atoms with E-state index in [9.17, 15) is 4.79 Å². The molecule has 0 saturated carbocycles. The van der Waals surface area contributed by atoms with Crippen molar-refractivity contribution in [3.8, 4) is 0 Å². The molecule has 1 amide bonds. The van der Waals surface area contributed by atoms with Gasteiger partial charge in [0.25, 0.3) is 0 Å². The van der Waals surface area contributed by atoms with E-state index in [2.05, 4.69) is 17.6 Å². The Morgan fingerprint density at radius 3 is 3.00 bits per heavy atom. The molecular formula is C8H14N2O. The summed E-state index contributed by atoms with van der Waals surface area (Å²) in [5, 5.41) is 2.66. The van der Waals surface area contributed by atoms with Gasteiger partial charge in [-0.05, 0) is 12.5 Å². The molecule has 0 radical (unpaired) electrons. The van der Waals surface area contributed by atoms with E-state index in [0.717, 1.165) is 0 Å². The summed E-state index contributed by atoms with van der Waals surface area (Å²) in [5.41, 5.74) is 7.79. The highest BCUT2D eigenvalue weighted by atomic mass is 16.1. The Kier molecular flexibility index (Phi) is 6.39. The largest absolute Gasteiger partial charge is 0.355 e. The van der Waals surface area contributed by atoms with Crippen LogP contribution < -0.4 is 11.1 Å². The molecule has 0 aromatic heterocycles. The summed E-state index contributed by atoms with van der Waals surface area (Å²) in [7, 11) is 0. The summed E-state index contributed by atoms with van der Waals surface area (Å²) in [5.74, 6) is 0.0296. The molecule has 0 aliphatic rings. The van der Waals surface area contributed by atoms with Crippen LogP contribution >= 0.6 is 0 Å². The smallest absolute Gasteiger partial charge is 0.220 e. The van der Waals surface area contributed by atoms with Crippen LogP contribution in [0.15, 0.2) is 18.4 Å². The number of rotatable bonds is 5. The first-order chi connectivity index (χ1) is 5.31. The zero-order valence-electron chi connectivity index (χ0n) is 6.60. The number of carbonyl (C=O) groups is 1. The Balaban J connectivity index is 3.29. The van der Waals surface area contributed by atoms with Crippen molar-refractivity contribution in [2.45, 2.75) is 12.8 Å². The van der Waals surface area contributed by atoms with Crippen LogP contribution in [-0.4, -0.2) is 19.0 Å². The number of hydrogen-bond donors (Lipinski definition) is 2. The molecule has 62 valence electrons. The number of carbonyl (C=O) groups excluding carboxylic acids is 1. The van der Waals surface area contributed by atoms with Crippen LogP contribution in [0.25, 0.3) is 0 Å². The fourth-order valence-electron chi connectivity index (χ4n) is 0.605. The van der Waals surface area contributed by atoms with Gasteiger partial charge in [0.2, 0.25) is 5.91 Å². The van der Waals surface area contributed by atoms with Crippen molar-refractivity contribution in [3.05, 3.63) is 18.4 Å². The van der Waals surface area contributed by atoms with Crippen molar-refractivity contribution in [1.82, 2.24) is 5.32 Å². The standard InChI is InChI=1S/C8H14N2O/c1-2-3-4-5-8(11)10-7-6-9/h3H,1,4-7,9H2,(H,10,11). The van der Waals surface area contributed by atoms with Gasteiger partial charge in [0.05, 0.1) is 0 Å². The molecule has 3 nitrogen and oxygen atoms in total. The molecule has 0 aliphatic heterocycles. The maximum atomic E-state index is 10.8. The minimum absolute atomic E-state index is 0.0296. The maximum Gasteiger partial charge on any atom is 0.220 e. The van der Waals surface area contributed by atoms with E-state index < -0.39 is 0 Å². The van der Waals surface area contributed by atoms with Gasteiger partial charge < -0.3 is 11.1 Å². The third-order valence-corrected chi connectivity index (χ3v) is 1.13. The predicted molar refractivity (Wildman–Crippen MR) is 45.0 cm³/mol. The molecule has 0 spiro atoms. The van der Waals surface area contributed by atoms with Gasteiger partial charge in [-0.2, -0.15) is 0 Å². The number of nitrogens with one attached hydrogen (secondary N) is 1. The van der Waals surface area contributed by atoms with Crippen LogP contribution in [-0.2, 0) is 4.79 Å². The number of hydrogen-bond acceptors (Lipinski definition) is 2. The fraction of sp³-hybridized carbons (Fsp3) is 0.500. The quantitative estimate of drug-likeness (QED) is 0.555. The predicted octanol–water partition coefficient (Wildman–Crippen LogP) is 0.183. The molecule has 3 N–H and O–H groups in total. The SMILES string of the molecule is C=C=CCCC(=O)NCCN. The van der Waals surface area contributed by atoms with Gasteiger partial charge in [0, 0.05) is 19.5 Å². The summed E-state index contributed by atoms with van der Waals surface area (Å²) < 4.78 is 0. The molecule has 0 aromatic rings. The molecule has 0 bridgehead atoms. The lowest BCUT2D eigenvalue weighted by molar-refractivity contribution is -0.120. The van der Waals surface area contributed by atoms with Gasteiger partial charge in [-0.15, -0.1) is 5.73 Å². The van der Waals surface area contributed by atoms with E-state index in [1.807, 2.05) is 0 Å². The van der Waals surface area contributed by atoms with Crippen LogP contribution in [0.1, 0.15) is 12.8 Å². The van der Waals surface area contributed by atoms with Crippen molar-refractivity contribution >= 4 is 5.91 Å². The number of allylic oxidation sites excluding steroid dienone is 1. The minimum atomic E-state index is 0.0296. The van der Waals surface area contributed by atoms with Crippen molar-refractivity contribution in [3.63, 3.8) is 0 Å². The second-order valence-electron chi connectivity index (χ2n) is 2.09. The maximum absolute atomic E-state index is 10.8. The fourth-order valence-corrected chi connectivity index (χ4v) is 0.605. The minimum Gasteiger partial charge on any atom is -0.355 e. The third kappa shape index (κ3) is 6.84. The molecule has 0 aliphatic carbocycles. The zero-order chi connectivity index (χ0) is 8.53. The first-order valence-electron chi connectivity index (χ1n) is 3.62. The van der Waals surface area contributed by atoms with Crippen LogP contribution in [0.2, 0.25) is 0 Å². The Labute approximate surface area is 67.0 Å². The van der Waals surface area contributed by atoms with E-state index in [1.165, 1.54) is 0 Å². The van der Waals surface area contributed by atoms with Gasteiger partial charge in [0.15, 0.2) is 0 Å². The summed E-state index contributed by atoms with van der Waals surface area (Å²) in [6, 6.07) is 0. The molecule has 0 saturated heterocycles. The van der Waals surface area contributed by atoms with E-state index in [0.29, 0.717) is 25.9 Å². The van der Waals surface area contributed by atoms with E-state index >= 15 is 0 Å². The van der Waals surface area contributed by atoms with Gasteiger partial charge in [-0.25, -0.2) is 0 Å². The lowest BCUT2D eigenvalue weighted by Crippen LogP contribution is -2.28. The monoisotopic (exact) mass is 154 g/mol. The highest BCUT2D eigenvalue weighted by Crippen LogP contribution is 1.88. The number of amides is 1. The topological polar surface area (TPSA) is 55.1 Å². The van der Waals surface area contributed by atoms with E-state index in [-0.39, 0.29) is 5.91 Å². The second kappa shape index (κ2) is 7.06. The molecule has 0 unspecified atom stereocenters. The second-order valence-corrected chi connectivity index (χ2v) is 2.09. The Morgan fingerprint density at radius 2 is 2.45 bits per heavy atom. The highest BCUT2D eigenvalue weighted by molar-refractivity contribution is 5.75. The van der Waals surface area contributed by atoms with Crippen molar-refractivity contribution < 1.29 is 4.79 Å². The number of nitrogens with two attached hydrogens (primary N) is 1. The average Bonchev–Trinajstić information content (AvgIpc) is 2.01. The average molecular weight is 154 g/mol. The molecule has 0 fully saturated rings. The molecule has 0 heterocycles. The van der Waals surface area contributed by atoms with Crippen LogP contribution in [0.4, 0.5) is 0 Å². The Bertz CT molecular complexity index is 159. The summed E-state index contributed by atoms with van der Waals surface area (Å²) in [4.78, 5) is 10.8. The third-order valence-electron chi connectivity index (χ3n) is 1.13. The highest BCUT2D eigenvalue weighted by Gasteiger charge is 1.95. The van der Waals surface area contributed by atoms with Crippen LogP contribution in [0.3, 0.4) is 0 Å². The lowest BCUT2D eigenvalue weighted by atomic mass is 10.3. The van der Waals surface area contributed by atoms with Gasteiger partial charge in [0.1, 0.15) is 0 Å². The lowest BCUT2D eigenvalue weighted by Gasteiger charge is -1.99. The van der Waals surface area contributed by atoms with E-state index in [4.69, 9.17) is 5.73 Å². The molecule has 11 heavy (non-hydrogen) atoms. The molecular weight excluding hydrogens is 140 g/mol. The first-order valence-corrected chi connectivity index (χ1v) is 3.62. The normalized spacial score (nSPS) is 8.45.